The molecular weight excluding hydrogens is 382 g/mol. The van der Waals surface area contributed by atoms with E-state index in [2.05, 4.69) is 15.3 Å². The third kappa shape index (κ3) is 3.59. The Labute approximate surface area is 165 Å². The first-order valence-electron chi connectivity index (χ1n) is 8.71. The predicted octanol–water partition coefficient (Wildman–Crippen LogP) is 1.89. The molecule has 1 unspecified atom stereocenters. The lowest BCUT2D eigenvalue weighted by Crippen LogP contribution is -2.32. The van der Waals surface area contributed by atoms with E-state index in [1.165, 1.54) is 24.5 Å². The van der Waals surface area contributed by atoms with E-state index in [1.54, 1.807) is 29.2 Å². The number of anilines is 2. The molecule has 3 heterocycles. The van der Waals surface area contributed by atoms with Gasteiger partial charge in [-0.3, -0.25) is 14.4 Å². The van der Waals surface area contributed by atoms with E-state index < -0.39 is 0 Å². The van der Waals surface area contributed by atoms with Gasteiger partial charge in [0.1, 0.15) is 0 Å². The molecule has 1 aromatic carbocycles. The van der Waals surface area contributed by atoms with E-state index in [9.17, 15) is 14.4 Å². The van der Waals surface area contributed by atoms with Crippen LogP contribution in [0.2, 0.25) is 5.02 Å². The smallest absolute Gasteiger partial charge is 0.258 e. The Kier molecular flexibility index (Phi) is 4.79. The fraction of sp³-hybridized carbons (Fsp3) is 0.211. The summed E-state index contributed by atoms with van der Waals surface area (Å²) in [5.74, 6) is -0.407. The summed E-state index contributed by atoms with van der Waals surface area (Å²) in [5.41, 5.74) is 0.941. The SMILES string of the molecule is O=C(c1ccc(N2C(=O)C=CC2=O)cc1)N1CCC(Nc2ncc(Cl)cn2)C1. The van der Waals surface area contributed by atoms with E-state index in [-0.39, 0.29) is 23.8 Å². The van der Waals surface area contributed by atoms with E-state index in [4.69, 9.17) is 11.6 Å². The molecule has 28 heavy (non-hydrogen) atoms. The zero-order valence-corrected chi connectivity index (χ0v) is 15.5. The maximum Gasteiger partial charge on any atom is 0.258 e. The van der Waals surface area contributed by atoms with E-state index >= 15 is 0 Å². The summed E-state index contributed by atoms with van der Waals surface area (Å²) in [5, 5.41) is 3.66. The van der Waals surface area contributed by atoms with Crippen LogP contribution in [-0.2, 0) is 9.59 Å². The minimum Gasteiger partial charge on any atom is -0.350 e. The van der Waals surface area contributed by atoms with E-state index in [0.29, 0.717) is 35.3 Å². The van der Waals surface area contributed by atoms with Gasteiger partial charge in [0.2, 0.25) is 5.95 Å². The van der Waals surface area contributed by atoms with Crippen molar-refractivity contribution in [2.45, 2.75) is 12.5 Å². The van der Waals surface area contributed by atoms with Crippen LogP contribution in [0.1, 0.15) is 16.8 Å². The summed E-state index contributed by atoms with van der Waals surface area (Å²) in [7, 11) is 0. The number of aromatic nitrogens is 2. The topological polar surface area (TPSA) is 95.5 Å². The normalized spacial score (nSPS) is 18.8. The Bertz CT molecular complexity index is 941. The molecule has 0 aliphatic carbocycles. The summed E-state index contributed by atoms with van der Waals surface area (Å²) in [4.78, 5) is 47.2. The Hall–Kier alpha value is -3.26. The minimum absolute atomic E-state index is 0.0512. The zero-order chi connectivity index (χ0) is 19.7. The number of hydrogen-bond acceptors (Lipinski definition) is 6. The van der Waals surface area contributed by atoms with Crippen molar-refractivity contribution < 1.29 is 14.4 Å². The Morgan fingerprint density at radius 1 is 1.07 bits per heavy atom. The number of nitrogens with one attached hydrogen (secondary N) is 1. The standard InChI is InChI=1S/C19H16ClN5O3/c20-13-9-21-19(22-10-13)23-14-7-8-24(11-14)18(28)12-1-3-15(4-2-12)25-16(26)5-6-17(25)27/h1-6,9-10,14H,7-8,11H2,(H,21,22,23). The molecule has 4 rings (SSSR count). The van der Waals surface area contributed by atoms with Crippen LogP contribution in [0.15, 0.2) is 48.8 Å². The lowest BCUT2D eigenvalue weighted by atomic mass is 10.1. The van der Waals surface area contributed by atoms with Gasteiger partial charge in [0.15, 0.2) is 0 Å². The number of halogens is 1. The molecule has 0 radical (unpaired) electrons. The van der Waals surface area contributed by atoms with Gasteiger partial charge in [0.25, 0.3) is 17.7 Å². The van der Waals surface area contributed by atoms with Gasteiger partial charge in [-0.15, -0.1) is 0 Å². The van der Waals surface area contributed by atoms with Gasteiger partial charge in [0, 0.05) is 36.8 Å². The van der Waals surface area contributed by atoms with Crippen molar-refractivity contribution in [2.75, 3.05) is 23.3 Å². The highest BCUT2D eigenvalue weighted by atomic mass is 35.5. The van der Waals surface area contributed by atoms with Gasteiger partial charge in [-0.1, -0.05) is 11.6 Å². The molecule has 0 bridgehead atoms. The number of likely N-dealkylation sites (tertiary alicyclic amines) is 1. The average molecular weight is 398 g/mol. The molecule has 3 amide bonds. The molecule has 1 saturated heterocycles. The number of carbonyl (C=O) groups is 3. The van der Waals surface area contributed by atoms with Crippen LogP contribution in [0, 0.1) is 0 Å². The fourth-order valence-electron chi connectivity index (χ4n) is 3.22. The first-order valence-corrected chi connectivity index (χ1v) is 9.08. The van der Waals surface area contributed by atoms with Gasteiger partial charge >= 0.3 is 0 Å². The molecule has 8 nitrogen and oxygen atoms in total. The highest BCUT2D eigenvalue weighted by molar-refractivity contribution is 6.30. The summed E-state index contributed by atoms with van der Waals surface area (Å²) in [6.07, 6.45) is 6.26. The van der Waals surface area contributed by atoms with Gasteiger partial charge < -0.3 is 10.2 Å². The number of nitrogens with zero attached hydrogens (tertiary/aromatic N) is 4. The van der Waals surface area contributed by atoms with Crippen molar-refractivity contribution in [3.05, 3.63) is 59.4 Å². The number of benzene rings is 1. The van der Waals surface area contributed by atoms with Crippen molar-refractivity contribution in [1.82, 2.24) is 14.9 Å². The van der Waals surface area contributed by atoms with Crippen molar-refractivity contribution in [3.8, 4) is 0 Å². The molecule has 1 N–H and O–H groups in total. The van der Waals surface area contributed by atoms with Crippen molar-refractivity contribution in [1.29, 1.82) is 0 Å². The molecular formula is C19H16ClN5O3. The first-order chi connectivity index (χ1) is 13.5. The molecule has 2 aliphatic heterocycles. The van der Waals surface area contributed by atoms with Crippen LogP contribution in [0.3, 0.4) is 0 Å². The second-order valence-corrected chi connectivity index (χ2v) is 6.93. The molecule has 142 valence electrons. The Morgan fingerprint density at radius 3 is 2.36 bits per heavy atom. The summed E-state index contributed by atoms with van der Waals surface area (Å²) < 4.78 is 0. The van der Waals surface area contributed by atoms with Crippen LogP contribution in [-0.4, -0.2) is 51.7 Å². The fourth-order valence-corrected chi connectivity index (χ4v) is 3.32. The predicted molar refractivity (Wildman–Crippen MR) is 103 cm³/mol. The second kappa shape index (κ2) is 7.40. The summed E-state index contributed by atoms with van der Waals surface area (Å²) in [6.45, 7) is 1.14. The number of rotatable bonds is 4. The Morgan fingerprint density at radius 2 is 1.71 bits per heavy atom. The van der Waals surface area contributed by atoms with Gasteiger partial charge in [-0.05, 0) is 30.7 Å². The average Bonchev–Trinajstić information content (AvgIpc) is 3.30. The molecule has 1 aromatic heterocycles. The van der Waals surface area contributed by atoms with Crippen LogP contribution in [0.5, 0.6) is 0 Å². The van der Waals surface area contributed by atoms with Crippen LogP contribution in [0.25, 0.3) is 0 Å². The van der Waals surface area contributed by atoms with Crippen molar-refractivity contribution >= 4 is 41.0 Å². The summed E-state index contributed by atoms with van der Waals surface area (Å²) >= 11 is 5.78. The van der Waals surface area contributed by atoms with Gasteiger partial charge in [0.05, 0.1) is 23.1 Å². The maximum absolute atomic E-state index is 12.7. The molecule has 2 aliphatic rings. The molecule has 9 heteroatoms. The highest BCUT2D eigenvalue weighted by Gasteiger charge is 2.28. The van der Waals surface area contributed by atoms with Crippen LogP contribution < -0.4 is 10.2 Å². The highest BCUT2D eigenvalue weighted by Crippen LogP contribution is 2.22. The van der Waals surface area contributed by atoms with Crippen LogP contribution in [0.4, 0.5) is 11.6 Å². The number of carbonyl (C=O) groups excluding carboxylic acids is 3. The van der Waals surface area contributed by atoms with Gasteiger partial charge in [-0.25, -0.2) is 14.9 Å². The second-order valence-electron chi connectivity index (χ2n) is 6.50. The third-order valence-electron chi connectivity index (χ3n) is 4.61. The molecule has 0 saturated carbocycles. The monoisotopic (exact) mass is 397 g/mol. The van der Waals surface area contributed by atoms with E-state index in [0.717, 1.165) is 11.3 Å². The maximum atomic E-state index is 12.7. The molecule has 1 fully saturated rings. The third-order valence-corrected chi connectivity index (χ3v) is 4.81. The summed E-state index contributed by atoms with van der Waals surface area (Å²) in [6, 6.07) is 6.50. The first kappa shape index (κ1) is 18.1. The van der Waals surface area contributed by atoms with Gasteiger partial charge in [-0.2, -0.15) is 0 Å². The molecule has 0 spiro atoms. The number of hydrogen-bond donors (Lipinski definition) is 1. The lowest BCUT2D eigenvalue weighted by molar-refractivity contribution is -0.119. The molecule has 1 atom stereocenters. The number of imide groups is 1. The van der Waals surface area contributed by atoms with Crippen LogP contribution >= 0.6 is 11.6 Å². The Balaban J connectivity index is 1.39. The molecule has 2 aromatic rings. The minimum atomic E-state index is -0.387. The van der Waals surface area contributed by atoms with E-state index in [1.807, 2.05) is 0 Å². The van der Waals surface area contributed by atoms with Crippen molar-refractivity contribution in [2.24, 2.45) is 0 Å². The number of amides is 3. The lowest BCUT2D eigenvalue weighted by Gasteiger charge is -2.18. The van der Waals surface area contributed by atoms with Crippen molar-refractivity contribution in [3.63, 3.8) is 0 Å². The zero-order valence-electron chi connectivity index (χ0n) is 14.7. The quantitative estimate of drug-likeness (QED) is 0.791. The largest absolute Gasteiger partial charge is 0.350 e.